The maximum atomic E-state index is 13.4. The third-order valence-electron chi connectivity index (χ3n) is 7.51. The van der Waals surface area contributed by atoms with E-state index in [1.165, 1.54) is 12.1 Å². The van der Waals surface area contributed by atoms with E-state index in [4.69, 9.17) is 0 Å². The number of carbonyl (C=O) groups is 2. The summed E-state index contributed by atoms with van der Waals surface area (Å²) in [4.78, 5) is 26.2. The van der Waals surface area contributed by atoms with E-state index in [0.717, 1.165) is 0 Å². The van der Waals surface area contributed by atoms with Gasteiger partial charge in [0.15, 0.2) is 5.78 Å². The van der Waals surface area contributed by atoms with Crippen molar-refractivity contribution in [2.75, 3.05) is 0 Å². The maximum absolute atomic E-state index is 13.4. The summed E-state index contributed by atoms with van der Waals surface area (Å²) < 4.78 is 0. The minimum atomic E-state index is -1.23. The molecular weight excluding hydrogens is 472 g/mol. The smallest absolute Gasteiger partial charge is 0.201 e. The largest absolute Gasteiger partial charge is 0.507 e. The lowest BCUT2D eigenvalue weighted by atomic mass is 9.72. The quantitative estimate of drug-likeness (QED) is 0.229. The standard InChI is InChI=1S/C30H24O7/c1-13-8-18-24(16-4-3-5-19(31)25(16)29(36)26(18)20(32)9-13)17-7-6-14-10-15-11-30(2,37)12-21(33)22(15)28(35)23(14)27(17)34/h3-10,24,31-32,34-35,37H,11-12H2,1-2H3/t24-,30+/m0/s1. The second kappa shape index (κ2) is 7.57. The van der Waals surface area contributed by atoms with Crippen molar-refractivity contribution in [2.24, 2.45) is 0 Å². The fraction of sp³-hybridized carbons (Fsp3) is 0.200. The van der Waals surface area contributed by atoms with Gasteiger partial charge in [0, 0.05) is 24.3 Å². The van der Waals surface area contributed by atoms with Gasteiger partial charge in [-0.15, -0.1) is 0 Å². The van der Waals surface area contributed by atoms with E-state index < -0.39 is 23.1 Å². The molecule has 4 aromatic carbocycles. The Kier molecular flexibility index (Phi) is 4.72. The van der Waals surface area contributed by atoms with Crippen molar-refractivity contribution in [3.05, 3.63) is 93.0 Å². The van der Waals surface area contributed by atoms with Crippen LogP contribution in [0.5, 0.6) is 23.0 Å². The average molecular weight is 497 g/mol. The number of hydrogen-bond acceptors (Lipinski definition) is 7. The molecule has 2 aliphatic rings. The maximum Gasteiger partial charge on any atom is 0.201 e. The second-order valence-electron chi connectivity index (χ2n) is 10.4. The first kappa shape index (κ1) is 23.1. The Morgan fingerprint density at radius 2 is 1.51 bits per heavy atom. The normalized spacial score (nSPS) is 20.5. The van der Waals surface area contributed by atoms with Gasteiger partial charge in [-0.3, -0.25) is 9.59 Å². The molecule has 7 nitrogen and oxygen atoms in total. The molecule has 0 heterocycles. The number of aryl methyl sites for hydroxylation is 1. The number of phenols is 4. The molecule has 0 spiro atoms. The summed E-state index contributed by atoms with van der Waals surface area (Å²) in [6, 6.07) is 13.0. The van der Waals surface area contributed by atoms with E-state index in [2.05, 4.69) is 0 Å². The summed E-state index contributed by atoms with van der Waals surface area (Å²) in [5, 5.41) is 55.1. The van der Waals surface area contributed by atoms with E-state index in [0.29, 0.717) is 33.2 Å². The highest BCUT2D eigenvalue weighted by Crippen LogP contribution is 2.51. The number of aliphatic hydroxyl groups is 1. The third-order valence-corrected chi connectivity index (χ3v) is 7.51. The van der Waals surface area contributed by atoms with Gasteiger partial charge in [0.05, 0.1) is 27.7 Å². The van der Waals surface area contributed by atoms with Crippen LogP contribution in [0.2, 0.25) is 0 Å². The van der Waals surface area contributed by atoms with Crippen LogP contribution in [-0.2, 0) is 6.42 Å². The first-order valence-electron chi connectivity index (χ1n) is 11.9. The van der Waals surface area contributed by atoms with Crippen LogP contribution in [0.15, 0.2) is 48.5 Å². The number of carbonyl (C=O) groups excluding carboxylic acids is 2. The van der Waals surface area contributed by atoms with Crippen LogP contribution in [0.1, 0.15) is 73.4 Å². The first-order chi connectivity index (χ1) is 17.5. The number of Topliss-reactive ketones (excluding diaryl/α,β-unsaturated/α-hetero) is 1. The monoisotopic (exact) mass is 496 g/mol. The van der Waals surface area contributed by atoms with Crippen molar-refractivity contribution in [3.63, 3.8) is 0 Å². The summed E-state index contributed by atoms with van der Waals surface area (Å²) in [6.45, 7) is 3.35. The van der Waals surface area contributed by atoms with Gasteiger partial charge in [0.25, 0.3) is 0 Å². The summed E-state index contributed by atoms with van der Waals surface area (Å²) in [7, 11) is 0. The molecule has 2 atom stereocenters. The first-order valence-corrected chi connectivity index (χ1v) is 11.9. The Morgan fingerprint density at radius 3 is 2.27 bits per heavy atom. The fourth-order valence-corrected chi connectivity index (χ4v) is 6.06. The molecule has 5 N–H and O–H groups in total. The Hall–Kier alpha value is -4.36. The molecule has 0 amide bonds. The van der Waals surface area contributed by atoms with Crippen LogP contribution in [0.4, 0.5) is 0 Å². The highest BCUT2D eigenvalue weighted by atomic mass is 16.3. The molecule has 2 aliphatic carbocycles. The highest BCUT2D eigenvalue weighted by Gasteiger charge is 2.39. The summed E-state index contributed by atoms with van der Waals surface area (Å²) in [5.74, 6) is -2.80. The molecule has 4 aromatic rings. The van der Waals surface area contributed by atoms with Gasteiger partial charge in [-0.2, -0.15) is 0 Å². The number of fused-ring (bicyclic) bond motifs is 4. The predicted octanol–water partition coefficient (Wildman–Crippen LogP) is 4.58. The van der Waals surface area contributed by atoms with Gasteiger partial charge in [0.2, 0.25) is 5.78 Å². The zero-order valence-corrected chi connectivity index (χ0v) is 20.2. The van der Waals surface area contributed by atoms with Crippen molar-refractivity contribution in [1.29, 1.82) is 0 Å². The number of ketones is 2. The zero-order valence-electron chi connectivity index (χ0n) is 20.2. The third kappa shape index (κ3) is 3.24. The number of phenolic OH excluding ortho intramolecular Hbond substituents is 4. The minimum absolute atomic E-state index is 0.0331. The Bertz CT molecular complexity index is 1700. The van der Waals surface area contributed by atoms with Crippen molar-refractivity contribution in [1.82, 2.24) is 0 Å². The van der Waals surface area contributed by atoms with Gasteiger partial charge in [0.1, 0.15) is 23.0 Å². The molecule has 0 bridgehead atoms. The van der Waals surface area contributed by atoms with Crippen LogP contribution in [-0.4, -0.2) is 42.7 Å². The van der Waals surface area contributed by atoms with Crippen LogP contribution in [0.25, 0.3) is 10.8 Å². The Labute approximate surface area is 211 Å². The summed E-state index contributed by atoms with van der Waals surface area (Å²) >= 11 is 0. The van der Waals surface area contributed by atoms with Crippen LogP contribution >= 0.6 is 0 Å². The molecule has 0 radical (unpaired) electrons. The molecular formula is C30H24O7. The second-order valence-corrected chi connectivity index (χ2v) is 10.4. The van der Waals surface area contributed by atoms with Crippen molar-refractivity contribution < 1.29 is 35.1 Å². The SMILES string of the molecule is Cc1cc(O)c2c(c1)[C@H](c1ccc3cc4c(c(O)c3c1O)C(=O)C[C@](C)(O)C4)c1cccc(O)c1C2=O. The number of rotatable bonds is 1. The zero-order chi connectivity index (χ0) is 26.4. The van der Waals surface area contributed by atoms with Crippen molar-refractivity contribution in [2.45, 2.75) is 38.2 Å². The molecule has 37 heavy (non-hydrogen) atoms. The van der Waals surface area contributed by atoms with Gasteiger partial charge < -0.3 is 25.5 Å². The topological polar surface area (TPSA) is 135 Å². The van der Waals surface area contributed by atoms with E-state index >= 15 is 0 Å². The molecule has 0 saturated carbocycles. The lowest BCUT2D eigenvalue weighted by molar-refractivity contribution is 0.0409. The van der Waals surface area contributed by atoms with Crippen molar-refractivity contribution >= 4 is 22.3 Å². The molecule has 0 saturated heterocycles. The van der Waals surface area contributed by atoms with Gasteiger partial charge in [-0.05, 0) is 59.7 Å². The van der Waals surface area contributed by atoms with Gasteiger partial charge in [-0.25, -0.2) is 0 Å². The molecule has 0 fully saturated rings. The molecule has 7 heteroatoms. The lowest BCUT2D eigenvalue weighted by Crippen LogP contribution is -2.35. The van der Waals surface area contributed by atoms with Gasteiger partial charge in [-0.1, -0.05) is 30.3 Å². The van der Waals surface area contributed by atoms with Gasteiger partial charge >= 0.3 is 0 Å². The van der Waals surface area contributed by atoms with Crippen LogP contribution in [0.3, 0.4) is 0 Å². The van der Waals surface area contributed by atoms with Crippen molar-refractivity contribution in [3.8, 4) is 23.0 Å². The van der Waals surface area contributed by atoms with E-state index in [9.17, 15) is 35.1 Å². The molecule has 0 aromatic heterocycles. The Morgan fingerprint density at radius 1 is 0.784 bits per heavy atom. The number of aromatic hydroxyl groups is 4. The predicted molar refractivity (Wildman–Crippen MR) is 136 cm³/mol. The fourth-order valence-electron chi connectivity index (χ4n) is 6.06. The van der Waals surface area contributed by atoms with E-state index in [-0.39, 0.29) is 57.9 Å². The molecule has 6 rings (SSSR count). The highest BCUT2D eigenvalue weighted by molar-refractivity contribution is 6.16. The van der Waals surface area contributed by atoms with E-state index in [1.54, 1.807) is 50.2 Å². The molecule has 0 aliphatic heterocycles. The van der Waals surface area contributed by atoms with Crippen LogP contribution < -0.4 is 0 Å². The minimum Gasteiger partial charge on any atom is -0.507 e. The average Bonchev–Trinajstić information content (AvgIpc) is 2.78. The lowest BCUT2D eigenvalue weighted by Gasteiger charge is -2.31. The number of hydrogen-bond donors (Lipinski definition) is 5. The summed E-state index contributed by atoms with van der Waals surface area (Å²) in [6.07, 6.45) is 0.0340. The molecule has 186 valence electrons. The van der Waals surface area contributed by atoms with Crippen LogP contribution in [0, 0.1) is 6.92 Å². The molecule has 0 unspecified atom stereocenters. The Balaban J connectivity index is 1.67. The summed E-state index contributed by atoms with van der Waals surface area (Å²) in [5.41, 5.74) is 1.37. The van der Waals surface area contributed by atoms with E-state index in [1.807, 2.05) is 0 Å². The number of benzene rings is 4.